The lowest BCUT2D eigenvalue weighted by atomic mass is 10.0. The van der Waals surface area contributed by atoms with Gasteiger partial charge in [-0.05, 0) is 56.4 Å². The van der Waals surface area contributed by atoms with Crippen molar-refractivity contribution in [1.29, 1.82) is 0 Å². The van der Waals surface area contributed by atoms with E-state index in [4.69, 9.17) is 0 Å². The van der Waals surface area contributed by atoms with Gasteiger partial charge in [-0.3, -0.25) is 9.69 Å². The van der Waals surface area contributed by atoms with Crippen LogP contribution in [0.2, 0.25) is 0 Å². The van der Waals surface area contributed by atoms with Gasteiger partial charge in [-0.25, -0.2) is 0 Å². The summed E-state index contributed by atoms with van der Waals surface area (Å²) in [6.45, 7) is 5.10. The van der Waals surface area contributed by atoms with E-state index in [1.807, 2.05) is 0 Å². The molecule has 2 saturated heterocycles. The topological polar surface area (TPSA) is 44.4 Å². The molecule has 1 aromatic carbocycles. The maximum Gasteiger partial charge on any atom is 0.237 e. The minimum atomic E-state index is 0.000981. The highest BCUT2D eigenvalue weighted by Crippen LogP contribution is 2.14. The second-order valence-corrected chi connectivity index (χ2v) is 7.23. The lowest BCUT2D eigenvalue weighted by molar-refractivity contribution is -0.123. The van der Waals surface area contributed by atoms with Gasteiger partial charge in [0.2, 0.25) is 5.91 Å². The predicted molar refractivity (Wildman–Crippen MR) is 97.7 cm³/mol. The fourth-order valence-electron chi connectivity index (χ4n) is 3.70. The summed E-state index contributed by atoms with van der Waals surface area (Å²) in [6.07, 6.45) is 8.72. The molecule has 0 bridgehead atoms. The van der Waals surface area contributed by atoms with Crippen LogP contribution in [0.1, 0.15) is 56.1 Å². The molecule has 2 heterocycles. The monoisotopic (exact) mass is 329 g/mol. The van der Waals surface area contributed by atoms with E-state index >= 15 is 0 Å². The highest BCUT2D eigenvalue weighted by Gasteiger charge is 2.19. The minimum absolute atomic E-state index is 0.000981. The lowest BCUT2D eigenvalue weighted by Crippen LogP contribution is -2.46. The van der Waals surface area contributed by atoms with Gasteiger partial charge in [-0.1, -0.05) is 43.5 Å². The van der Waals surface area contributed by atoms with Gasteiger partial charge in [0.25, 0.3) is 0 Å². The van der Waals surface area contributed by atoms with Crippen LogP contribution in [0.3, 0.4) is 0 Å². The summed E-state index contributed by atoms with van der Waals surface area (Å²) in [6, 6.07) is 8.74. The second-order valence-electron chi connectivity index (χ2n) is 7.23. The molecule has 24 heavy (non-hydrogen) atoms. The van der Waals surface area contributed by atoms with E-state index in [1.54, 1.807) is 0 Å². The Morgan fingerprint density at radius 2 is 1.71 bits per heavy atom. The molecule has 2 aliphatic heterocycles. The molecule has 1 amide bonds. The van der Waals surface area contributed by atoms with E-state index < -0.39 is 0 Å². The third-order valence-electron chi connectivity index (χ3n) is 5.22. The average molecular weight is 329 g/mol. The molecular weight excluding hydrogens is 298 g/mol. The number of carbonyl (C=O) groups is 1. The normalized spacial score (nSPS) is 22.8. The highest BCUT2D eigenvalue weighted by atomic mass is 16.2. The Morgan fingerprint density at radius 3 is 2.38 bits per heavy atom. The van der Waals surface area contributed by atoms with Gasteiger partial charge in [-0.2, -0.15) is 0 Å². The van der Waals surface area contributed by atoms with Crippen LogP contribution in [-0.4, -0.2) is 36.5 Å². The third-order valence-corrected chi connectivity index (χ3v) is 5.22. The number of nitrogens with zero attached hydrogens (tertiary/aromatic N) is 1. The van der Waals surface area contributed by atoms with Gasteiger partial charge in [0, 0.05) is 13.1 Å². The van der Waals surface area contributed by atoms with Crippen molar-refractivity contribution in [2.75, 3.05) is 19.6 Å². The Morgan fingerprint density at radius 1 is 1.00 bits per heavy atom. The molecule has 4 heteroatoms. The van der Waals surface area contributed by atoms with Gasteiger partial charge in [0.1, 0.15) is 0 Å². The second kappa shape index (κ2) is 9.19. The number of carbonyl (C=O) groups excluding carboxylic acids is 1. The Hall–Kier alpha value is -1.39. The van der Waals surface area contributed by atoms with Gasteiger partial charge in [0.15, 0.2) is 0 Å². The molecule has 0 aliphatic carbocycles. The van der Waals surface area contributed by atoms with Crippen molar-refractivity contribution in [2.24, 2.45) is 0 Å². The summed E-state index contributed by atoms with van der Waals surface area (Å²) in [5, 5.41) is 6.36. The van der Waals surface area contributed by atoms with Crippen LogP contribution in [0.4, 0.5) is 0 Å². The number of nitrogens with one attached hydrogen (secondary N) is 2. The fraction of sp³-hybridized carbons (Fsp3) is 0.650. The first-order chi connectivity index (χ1) is 11.8. The summed E-state index contributed by atoms with van der Waals surface area (Å²) >= 11 is 0. The Balaban J connectivity index is 1.44. The van der Waals surface area contributed by atoms with Gasteiger partial charge < -0.3 is 10.6 Å². The molecule has 3 rings (SSSR count). The van der Waals surface area contributed by atoms with E-state index in [0.29, 0.717) is 6.54 Å². The van der Waals surface area contributed by atoms with Crippen LogP contribution in [0, 0.1) is 0 Å². The molecule has 2 fully saturated rings. The quantitative estimate of drug-likeness (QED) is 0.873. The first-order valence-corrected chi connectivity index (χ1v) is 9.62. The summed E-state index contributed by atoms with van der Waals surface area (Å²) in [5.74, 6) is 0.142. The van der Waals surface area contributed by atoms with Crippen molar-refractivity contribution in [3.63, 3.8) is 0 Å². The smallest absolute Gasteiger partial charge is 0.237 e. The molecule has 2 N–H and O–H groups in total. The first-order valence-electron chi connectivity index (χ1n) is 9.62. The van der Waals surface area contributed by atoms with Crippen molar-refractivity contribution >= 4 is 5.91 Å². The summed E-state index contributed by atoms with van der Waals surface area (Å²) in [7, 11) is 0. The van der Waals surface area contributed by atoms with Crippen molar-refractivity contribution in [1.82, 2.24) is 15.5 Å². The number of hydrogen-bond donors (Lipinski definition) is 2. The van der Waals surface area contributed by atoms with Crippen LogP contribution in [-0.2, 0) is 17.9 Å². The third kappa shape index (κ3) is 5.32. The highest BCUT2D eigenvalue weighted by molar-refractivity contribution is 5.81. The molecule has 0 radical (unpaired) electrons. The Labute approximate surface area is 146 Å². The molecule has 1 atom stereocenters. The molecule has 0 saturated carbocycles. The maximum atomic E-state index is 12.2. The number of benzene rings is 1. The van der Waals surface area contributed by atoms with Crippen LogP contribution >= 0.6 is 0 Å². The maximum absolute atomic E-state index is 12.2. The zero-order valence-electron chi connectivity index (χ0n) is 14.7. The standard InChI is InChI=1S/C20H31N3O/c24-20(19-7-3-4-12-21-19)22-15-17-8-10-18(11-9-17)16-23-13-5-1-2-6-14-23/h8-11,19,21H,1-7,12-16H2,(H,22,24)/t19-/m1/s1. The number of amides is 1. The molecule has 0 unspecified atom stereocenters. The van der Waals surface area contributed by atoms with E-state index in [1.165, 1.54) is 56.3 Å². The largest absolute Gasteiger partial charge is 0.351 e. The molecule has 0 spiro atoms. The Kier molecular flexibility index (Phi) is 6.67. The minimum Gasteiger partial charge on any atom is -0.351 e. The van der Waals surface area contributed by atoms with E-state index in [2.05, 4.69) is 39.8 Å². The van der Waals surface area contributed by atoms with Crippen LogP contribution in [0.25, 0.3) is 0 Å². The molecule has 0 aromatic heterocycles. The number of piperidine rings is 1. The molecular formula is C20H31N3O. The van der Waals surface area contributed by atoms with Crippen molar-refractivity contribution in [2.45, 2.75) is 64.1 Å². The molecule has 132 valence electrons. The number of hydrogen-bond acceptors (Lipinski definition) is 3. The average Bonchev–Trinajstić information content (AvgIpc) is 2.90. The van der Waals surface area contributed by atoms with Crippen molar-refractivity contribution < 1.29 is 4.79 Å². The number of rotatable bonds is 5. The number of likely N-dealkylation sites (tertiary alicyclic amines) is 1. The zero-order chi connectivity index (χ0) is 16.6. The zero-order valence-corrected chi connectivity index (χ0v) is 14.7. The van der Waals surface area contributed by atoms with E-state index in [0.717, 1.165) is 25.9 Å². The SMILES string of the molecule is O=C(NCc1ccc(CN2CCCCCC2)cc1)[C@H]1CCCCN1. The van der Waals surface area contributed by atoms with Gasteiger partial charge in [0.05, 0.1) is 6.04 Å². The van der Waals surface area contributed by atoms with Gasteiger partial charge in [-0.15, -0.1) is 0 Å². The predicted octanol–water partition coefficient (Wildman–Crippen LogP) is 2.82. The summed E-state index contributed by atoms with van der Waals surface area (Å²) in [4.78, 5) is 14.7. The first kappa shape index (κ1) is 17.4. The molecule has 2 aliphatic rings. The van der Waals surface area contributed by atoms with Crippen LogP contribution in [0.5, 0.6) is 0 Å². The summed E-state index contributed by atoms with van der Waals surface area (Å²) < 4.78 is 0. The fourth-order valence-corrected chi connectivity index (χ4v) is 3.70. The lowest BCUT2D eigenvalue weighted by Gasteiger charge is -2.22. The van der Waals surface area contributed by atoms with Crippen LogP contribution < -0.4 is 10.6 Å². The Bertz CT molecular complexity index is 500. The van der Waals surface area contributed by atoms with Crippen molar-refractivity contribution in [3.05, 3.63) is 35.4 Å². The summed E-state index contributed by atoms with van der Waals surface area (Å²) in [5.41, 5.74) is 2.56. The molecule has 4 nitrogen and oxygen atoms in total. The van der Waals surface area contributed by atoms with Gasteiger partial charge >= 0.3 is 0 Å². The van der Waals surface area contributed by atoms with Crippen molar-refractivity contribution in [3.8, 4) is 0 Å². The van der Waals surface area contributed by atoms with E-state index in [9.17, 15) is 4.79 Å². The van der Waals surface area contributed by atoms with E-state index in [-0.39, 0.29) is 11.9 Å². The molecule has 1 aromatic rings. The van der Waals surface area contributed by atoms with Crippen LogP contribution in [0.15, 0.2) is 24.3 Å².